The molecular formula is C25H28ClF3O3S. The zero-order valence-electron chi connectivity index (χ0n) is 18.3. The van der Waals surface area contributed by atoms with Crippen molar-refractivity contribution in [3.05, 3.63) is 64.7 Å². The third kappa shape index (κ3) is 7.31. The van der Waals surface area contributed by atoms with Crippen LogP contribution in [0.1, 0.15) is 67.3 Å². The Morgan fingerprint density at radius 2 is 1.58 bits per heavy atom. The number of ketones is 1. The summed E-state index contributed by atoms with van der Waals surface area (Å²) in [4.78, 5) is 13.0. The Kier molecular flexibility index (Phi) is 8.62. The molecule has 1 fully saturated rings. The minimum absolute atomic E-state index is 0.0483. The van der Waals surface area contributed by atoms with E-state index in [0.29, 0.717) is 17.2 Å². The number of hydrogen-bond acceptors (Lipinski definition) is 3. The van der Waals surface area contributed by atoms with Gasteiger partial charge >= 0.3 is 6.18 Å². The summed E-state index contributed by atoms with van der Waals surface area (Å²) >= 11 is 5.99. The van der Waals surface area contributed by atoms with Crippen LogP contribution < -0.4 is 0 Å². The van der Waals surface area contributed by atoms with Crippen LogP contribution in [-0.2, 0) is 16.0 Å². The molecule has 0 heterocycles. The van der Waals surface area contributed by atoms with Gasteiger partial charge in [-0.3, -0.25) is 4.79 Å². The van der Waals surface area contributed by atoms with E-state index in [4.69, 9.17) is 11.6 Å². The van der Waals surface area contributed by atoms with Crippen LogP contribution in [0.5, 0.6) is 0 Å². The molecule has 0 radical (unpaired) electrons. The fraction of sp³-hybridized carbons (Fsp3) is 0.480. The summed E-state index contributed by atoms with van der Waals surface area (Å²) in [6.45, 7) is 0. The van der Waals surface area contributed by atoms with Crippen LogP contribution in [0.2, 0.25) is 5.02 Å². The zero-order valence-corrected chi connectivity index (χ0v) is 19.9. The first kappa shape index (κ1) is 25.8. The van der Waals surface area contributed by atoms with E-state index < -0.39 is 21.6 Å². The largest absolute Gasteiger partial charge is 0.416 e. The maximum absolute atomic E-state index is 13.0. The second-order valence-corrected chi connectivity index (χ2v) is 11.4. The van der Waals surface area contributed by atoms with Crippen LogP contribution in [0, 0.1) is 11.8 Å². The summed E-state index contributed by atoms with van der Waals surface area (Å²) in [5, 5.41) is 0.0483. The van der Waals surface area contributed by atoms with E-state index in [1.807, 2.05) is 0 Å². The van der Waals surface area contributed by atoms with Crippen LogP contribution in [0.4, 0.5) is 13.2 Å². The minimum Gasteiger partial charge on any atom is -0.294 e. The Morgan fingerprint density at radius 3 is 2.21 bits per heavy atom. The van der Waals surface area contributed by atoms with Crippen molar-refractivity contribution in [3.63, 3.8) is 0 Å². The number of rotatable bonds is 9. The SMILES string of the molecule is O=C(CC1CCC(CCCCS(=O)(=O)c2ccccc2)CC1)c1cc(C(F)(F)F)ccc1Cl. The summed E-state index contributed by atoms with van der Waals surface area (Å²) in [6, 6.07) is 11.3. The second-order valence-electron chi connectivity index (χ2n) is 8.83. The molecule has 0 aromatic heterocycles. The van der Waals surface area contributed by atoms with Crippen LogP contribution in [0.15, 0.2) is 53.4 Å². The molecule has 0 spiro atoms. The van der Waals surface area contributed by atoms with Gasteiger partial charge in [0.25, 0.3) is 0 Å². The number of sulfone groups is 1. The number of unbranched alkanes of at least 4 members (excludes halogenated alkanes) is 1. The van der Waals surface area contributed by atoms with E-state index in [1.54, 1.807) is 30.3 Å². The van der Waals surface area contributed by atoms with Crippen LogP contribution in [0.25, 0.3) is 0 Å². The normalized spacial score (nSPS) is 19.4. The Bertz CT molecular complexity index is 1040. The van der Waals surface area contributed by atoms with Crippen LogP contribution >= 0.6 is 11.6 Å². The first-order valence-corrected chi connectivity index (χ1v) is 13.3. The van der Waals surface area contributed by atoms with Crippen LogP contribution in [0.3, 0.4) is 0 Å². The van der Waals surface area contributed by atoms with Crippen molar-refractivity contribution in [1.82, 2.24) is 0 Å². The number of carbonyl (C=O) groups is 1. The van der Waals surface area contributed by atoms with Gasteiger partial charge in [0, 0.05) is 12.0 Å². The number of carbonyl (C=O) groups excluding carboxylic acids is 1. The summed E-state index contributed by atoms with van der Waals surface area (Å²) in [5.41, 5.74) is -0.929. The highest BCUT2D eigenvalue weighted by molar-refractivity contribution is 7.91. The topological polar surface area (TPSA) is 51.2 Å². The van der Waals surface area contributed by atoms with E-state index in [0.717, 1.165) is 56.7 Å². The highest BCUT2D eigenvalue weighted by Crippen LogP contribution is 2.36. The van der Waals surface area contributed by atoms with Gasteiger partial charge in [-0.25, -0.2) is 8.42 Å². The van der Waals surface area contributed by atoms with Gasteiger partial charge in [-0.15, -0.1) is 0 Å². The van der Waals surface area contributed by atoms with Crippen molar-refractivity contribution in [1.29, 1.82) is 0 Å². The first-order chi connectivity index (χ1) is 15.6. The third-order valence-electron chi connectivity index (χ3n) is 6.41. The average molecular weight is 501 g/mol. The van der Waals surface area contributed by atoms with Gasteiger partial charge in [-0.05, 0) is 61.4 Å². The molecule has 0 bridgehead atoms. The average Bonchev–Trinajstić information content (AvgIpc) is 2.78. The maximum atomic E-state index is 13.0. The predicted octanol–water partition coefficient (Wildman–Crippen LogP) is 7.38. The molecule has 3 rings (SSSR count). The van der Waals surface area contributed by atoms with Crippen molar-refractivity contribution in [3.8, 4) is 0 Å². The van der Waals surface area contributed by atoms with Crippen molar-refractivity contribution >= 4 is 27.2 Å². The molecule has 0 saturated heterocycles. The minimum atomic E-state index is -4.52. The third-order valence-corrected chi connectivity index (χ3v) is 8.56. The van der Waals surface area contributed by atoms with E-state index in [1.165, 1.54) is 0 Å². The number of Topliss-reactive ketones (excluding diaryl/α,β-unsaturated/α-hetero) is 1. The fourth-order valence-electron chi connectivity index (χ4n) is 4.48. The Balaban J connectivity index is 1.42. The molecule has 0 unspecified atom stereocenters. The summed E-state index contributed by atoms with van der Waals surface area (Å²) in [6.07, 6.45) is 1.65. The van der Waals surface area contributed by atoms with Crippen molar-refractivity contribution < 1.29 is 26.4 Å². The molecular weight excluding hydrogens is 473 g/mol. The number of benzene rings is 2. The Labute approximate surface area is 198 Å². The van der Waals surface area contributed by atoms with E-state index in [2.05, 4.69) is 0 Å². The predicted molar refractivity (Wildman–Crippen MR) is 123 cm³/mol. The Morgan fingerprint density at radius 1 is 0.939 bits per heavy atom. The van der Waals surface area contributed by atoms with Gasteiger partial charge in [-0.1, -0.05) is 55.5 Å². The molecule has 180 valence electrons. The lowest BCUT2D eigenvalue weighted by atomic mass is 9.77. The van der Waals surface area contributed by atoms with E-state index in [9.17, 15) is 26.4 Å². The van der Waals surface area contributed by atoms with Crippen molar-refractivity contribution in [2.45, 2.75) is 62.4 Å². The molecule has 3 nitrogen and oxygen atoms in total. The molecule has 1 aliphatic rings. The number of hydrogen-bond donors (Lipinski definition) is 0. The molecule has 0 N–H and O–H groups in total. The lowest BCUT2D eigenvalue weighted by Gasteiger charge is -2.28. The van der Waals surface area contributed by atoms with E-state index >= 15 is 0 Å². The highest BCUT2D eigenvalue weighted by atomic mass is 35.5. The summed E-state index contributed by atoms with van der Waals surface area (Å²) < 4.78 is 63.6. The zero-order chi connectivity index (χ0) is 24.1. The molecule has 0 amide bonds. The monoisotopic (exact) mass is 500 g/mol. The molecule has 1 aliphatic carbocycles. The van der Waals surface area contributed by atoms with Gasteiger partial charge in [0.2, 0.25) is 0 Å². The van der Waals surface area contributed by atoms with Gasteiger partial charge < -0.3 is 0 Å². The molecule has 8 heteroatoms. The quantitative estimate of drug-likeness (QED) is 0.266. The number of halogens is 4. The fourth-order valence-corrected chi connectivity index (χ4v) is 6.10. The Hall–Kier alpha value is -1.86. The van der Waals surface area contributed by atoms with Crippen LogP contribution in [-0.4, -0.2) is 20.0 Å². The van der Waals surface area contributed by atoms with Gasteiger partial charge in [0.1, 0.15) is 0 Å². The summed E-state index contributed by atoms with van der Waals surface area (Å²) in [5.74, 6) is 0.421. The molecule has 2 aromatic rings. The van der Waals surface area contributed by atoms with Crippen molar-refractivity contribution in [2.24, 2.45) is 11.8 Å². The van der Waals surface area contributed by atoms with Crippen molar-refractivity contribution in [2.75, 3.05) is 5.75 Å². The second kappa shape index (κ2) is 11.0. The highest BCUT2D eigenvalue weighted by Gasteiger charge is 2.32. The standard InChI is InChI=1S/C25H28ClF3O3S/c26-23-14-13-20(25(27,28)29)17-22(23)24(30)16-19-11-9-18(10-12-19)6-4-5-15-33(31,32)21-7-2-1-3-8-21/h1-3,7-8,13-14,17-19H,4-6,9-12,15-16H2. The molecule has 33 heavy (non-hydrogen) atoms. The molecule has 0 atom stereocenters. The molecule has 2 aromatic carbocycles. The molecule has 1 saturated carbocycles. The van der Waals surface area contributed by atoms with Gasteiger partial charge in [0.15, 0.2) is 15.6 Å². The lowest BCUT2D eigenvalue weighted by Crippen LogP contribution is -2.18. The number of alkyl halides is 3. The summed E-state index contributed by atoms with van der Waals surface area (Å²) in [7, 11) is -3.25. The smallest absolute Gasteiger partial charge is 0.294 e. The maximum Gasteiger partial charge on any atom is 0.416 e. The first-order valence-electron chi connectivity index (χ1n) is 11.2. The lowest BCUT2D eigenvalue weighted by molar-refractivity contribution is -0.137. The van der Waals surface area contributed by atoms with Gasteiger partial charge in [0.05, 0.1) is 21.2 Å². The van der Waals surface area contributed by atoms with Gasteiger partial charge in [-0.2, -0.15) is 13.2 Å². The molecule has 0 aliphatic heterocycles. The van der Waals surface area contributed by atoms with E-state index in [-0.39, 0.29) is 34.5 Å².